The molecule has 0 amide bonds. The Labute approximate surface area is 139 Å². The molecule has 0 saturated heterocycles. The quantitative estimate of drug-likeness (QED) is 0.769. The van der Waals surface area contributed by atoms with E-state index in [9.17, 15) is 8.42 Å². The Morgan fingerprint density at radius 1 is 1.00 bits per heavy atom. The van der Waals surface area contributed by atoms with Crippen molar-refractivity contribution < 1.29 is 8.42 Å². The van der Waals surface area contributed by atoms with Gasteiger partial charge in [-0.15, -0.1) is 11.3 Å². The first-order valence-electron chi connectivity index (χ1n) is 7.11. The van der Waals surface area contributed by atoms with Crippen LogP contribution in [0.5, 0.6) is 0 Å². The van der Waals surface area contributed by atoms with Gasteiger partial charge in [0, 0.05) is 5.38 Å². The molecule has 1 heterocycles. The zero-order valence-electron chi connectivity index (χ0n) is 12.6. The summed E-state index contributed by atoms with van der Waals surface area (Å²) in [4.78, 5) is 4.51. The van der Waals surface area contributed by atoms with Crippen molar-refractivity contribution in [2.24, 2.45) is 0 Å². The predicted octanol–water partition coefficient (Wildman–Crippen LogP) is 3.60. The van der Waals surface area contributed by atoms with Crippen LogP contribution in [-0.4, -0.2) is 13.4 Å². The Hall–Kier alpha value is -2.02. The molecular formula is C17H16N2O2S2. The maximum absolute atomic E-state index is 12.3. The van der Waals surface area contributed by atoms with Crippen molar-refractivity contribution in [3.05, 3.63) is 70.7 Å². The van der Waals surface area contributed by atoms with E-state index in [1.165, 1.54) is 11.3 Å². The Balaban J connectivity index is 1.75. The van der Waals surface area contributed by atoms with Crippen LogP contribution in [-0.2, 0) is 16.6 Å². The van der Waals surface area contributed by atoms with Crippen molar-refractivity contribution in [1.82, 2.24) is 9.71 Å². The van der Waals surface area contributed by atoms with Crippen LogP contribution in [0.3, 0.4) is 0 Å². The zero-order valence-corrected chi connectivity index (χ0v) is 14.2. The SMILES string of the molecule is Cc1nc(CNS(=O)(=O)c2ccc(-c3ccccc3)cc2)cs1. The van der Waals surface area contributed by atoms with Gasteiger partial charge in [0.05, 0.1) is 22.1 Å². The number of hydrogen-bond donors (Lipinski definition) is 1. The molecule has 4 nitrogen and oxygen atoms in total. The van der Waals surface area contributed by atoms with E-state index in [2.05, 4.69) is 9.71 Å². The lowest BCUT2D eigenvalue weighted by molar-refractivity contribution is 0.580. The van der Waals surface area contributed by atoms with Crippen molar-refractivity contribution in [2.45, 2.75) is 18.4 Å². The molecule has 0 spiro atoms. The molecule has 0 aliphatic carbocycles. The maximum Gasteiger partial charge on any atom is 0.240 e. The lowest BCUT2D eigenvalue weighted by Crippen LogP contribution is -2.23. The maximum atomic E-state index is 12.3. The molecule has 0 aliphatic rings. The topological polar surface area (TPSA) is 59.1 Å². The van der Waals surface area contributed by atoms with E-state index >= 15 is 0 Å². The fourth-order valence-electron chi connectivity index (χ4n) is 2.20. The highest BCUT2D eigenvalue weighted by atomic mass is 32.2. The van der Waals surface area contributed by atoms with Gasteiger partial charge in [0.15, 0.2) is 0 Å². The molecule has 23 heavy (non-hydrogen) atoms. The van der Waals surface area contributed by atoms with Crippen molar-refractivity contribution in [2.75, 3.05) is 0 Å². The van der Waals surface area contributed by atoms with E-state index in [1.54, 1.807) is 12.1 Å². The highest BCUT2D eigenvalue weighted by Gasteiger charge is 2.14. The number of hydrogen-bond acceptors (Lipinski definition) is 4. The molecule has 0 radical (unpaired) electrons. The van der Waals surface area contributed by atoms with Crippen LogP contribution in [0.25, 0.3) is 11.1 Å². The first-order valence-corrected chi connectivity index (χ1v) is 9.47. The molecule has 6 heteroatoms. The van der Waals surface area contributed by atoms with Crippen molar-refractivity contribution >= 4 is 21.4 Å². The molecular weight excluding hydrogens is 328 g/mol. The van der Waals surface area contributed by atoms with Crippen LogP contribution >= 0.6 is 11.3 Å². The standard InChI is InChI=1S/C17H16N2O2S2/c1-13-19-16(12-22-13)11-18-23(20,21)17-9-7-15(8-10-17)14-5-3-2-4-6-14/h2-10,12,18H,11H2,1H3. The Bertz CT molecular complexity index is 886. The third kappa shape index (κ3) is 3.85. The molecule has 0 aliphatic heterocycles. The number of benzene rings is 2. The van der Waals surface area contributed by atoms with Crippen molar-refractivity contribution in [3.63, 3.8) is 0 Å². The minimum atomic E-state index is -3.53. The van der Waals surface area contributed by atoms with Gasteiger partial charge in [-0.05, 0) is 30.2 Å². The number of sulfonamides is 1. The minimum absolute atomic E-state index is 0.201. The van der Waals surface area contributed by atoms with Gasteiger partial charge in [-0.3, -0.25) is 0 Å². The molecule has 2 aromatic carbocycles. The van der Waals surface area contributed by atoms with Gasteiger partial charge in [0.25, 0.3) is 0 Å². The third-order valence-corrected chi connectivity index (χ3v) is 5.62. The predicted molar refractivity (Wildman–Crippen MR) is 92.8 cm³/mol. The molecule has 0 bridgehead atoms. The summed E-state index contributed by atoms with van der Waals surface area (Å²) < 4.78 is 27.2. The Kier molecular flexibility index (Phi) is 4.56. The van der Waals surface area contributed by atoms with E-state index in [0.29, 0.717) is 0 Å². The number of nitrogens with zero attached hydrogens (tertiary/aromatic N) is 1. The lowest BCUT2D eigenvalue weighted by atomic mass is 10.1. The second kappa shape index (κ2) is 6.62. The van der Waals surface area contributed by atoms with E-state index in [4.69, 9.17) is 0 Å². The summed E-state index contributed by atoms with van der Waals surface area (Å²) >= 11 is 1.50. The van der Waals surface area contributed by atoms with Crippen LogP contribution in [0.15, 0.2) is 64.9 Å². The molecule has 0 unspecified atom stereocenters. The minimum Gasteiger partial charge on any atom is -0.245 e. The summed E-state index contributed by atoms with van der Waals surface area (Å²) in [5, 5.41) is 2.78. The highest BCUT2D eigenvalue weighted by Crippen LogP contribution is 2.21. The molecule has 0 fully saturated rings. The number of thiazole rings is 1. The number of aryl methyl sites for hydroxylation is 1. The summed E-state index contributed by atoms with van der Waals surface area (Å²) in [6, 6.07) is 16.7. The van der Waals surface area contributed by atoms with E-state index < -0.39 is 10.0 Å². The number of rotatable bonds is 5. The fraction of sp³-hybridized carbons (Fsp3) is 0.118. The van der Waals surface area contributed by atoms with E-state index in [1.807, 2.05) is 54.8 Å². The van der Waals surface area contributed by atoms with Crippen LogP contribution < -0.4 is 4.72 Å². The average molecular weight is 344 g/mol. The summed E-state index contributed by atoms with van der Waals surface area (Å²) in [7, 11) is -3.53. The third-order valence-electron chi connectivity index (χ3n) is 3.38. The van der Waals surface area contributed by atoms with Gasteiger partial charge in [0.2, 0.25) is 10.0 Å². The number of nitrogens with one attached hydrogen (secondary N) is 1. The largest absolute Gasteiger partial charge is 0.245 e. The van der Waals surface area contributed by atoms with Gasteiger partial charge in [-0.25, -0.2) is 18.1 Å². The summed E-state index contributed by atoms with van der Waals surface area (Å²) in [6.45, 7) is 2.10. The lowest BCUT2D eigenvalue weighted by Gasteiger charge is -2.07. The van der Waals surface area contributed by atoms with Crippen molar-refractivity contribution in [3.8, 4) is 11.1 Å². The summed E-state index contributed by atoms with van der Waals surface area (Å²) in [5.74, 6) is 0. The van der Waals surface area contributed by atoms with E-state index in [-0.39, 0.29) is 11.4 Å². The van der Waals surface area contributed by atoms with Gasteiger partial charge >= 0.3 is 0 Å². The highest BCUT2D eigenvalue weighted by molar-refractivity contribution is 7.89. The fourth-order valence-corrected chi connectivity index (χ4v) is 3.81. The van der Waals surface area contributed by atoms with Crippen LogP contribution in [0, 0.1) is 6.92 Å². The number of aromatic nitrogens is 1. The Morgan fingerprint density at radius 3 is 2.26 bits per heavy atom. The molecule has 1 N–H and O–H groups in total. The van der Waals surface area contributed by atoms with Gasteiger partial charge in [-0.2, -0.15) is 0 Å². The second-order valence-corrected chi connectivity index (χ2v) is 7.90. The smallest absolute Gasteiger partial charge is 0.240 e. The normalized spacial score (nSPS) is 11.5. The molecule has 3 rings (SSSR count). The molecule has 0 saturated carbocycles. The summed E-state index contributed by atoms with van der Waals surface area (Å²) in [5.41, 5.74) is 2.78. The van der Waals surface area contributed by atoms with Crippen LogP contribution in [0.4, 0.5) is 0 Å². The van der Waals surface area contributed by atoms with Gasteiger partial charge < -0.3 is 0 Å². The molecule has 3 aromatic rings. The first kappa shape index (κ1) is 15.9. The summed E-state index contributed by atoms with van der Waals surface area (Å²) in [6.07, 6.45) is 0. The van der Waals surface area contributed by atoms with Crippen molar-refractivity contribution in [1.29, 1.82) is 0 Å². The molecule has 118 valence electrons. The van der Waals surface area contributed by atoms with Crippen LogP contribution in [0.1, 0.15) is 10.7 Å². The molecule has 1 aromatic heterocycles. The Morgan fingerprint density at radius 2 is 1.65 bits per heavy atom. The van der Waals surface area contributed by atoms with E-state index in [0.717, 1.165) is 21.8 Å². The van der Waals surface area contributed by atoms with Gasteiger partial charge in [-0.1, -0.05) is 42.5 Å². The monoisotopic (exact) mass is 344 g/mol. The van der Waals surface area contributed by atoms with Gasteiger partial charge in [0.1, 0.15) is 0 Å². The zero-order chi connectivity index (χ0) is 16.3. The second-order valence-electron chi connectivity index (χ2n) is 5.07. The molecule has 0 atom stereocenters. The first-order chi connectivity index (χ1) is 11.0. The average Bonchev–Trinajstić information content (AvgIpc) is 3.00. The van der Waals surface area contributed by atoms with Crippen LogP contribution in [0.2, 0.25) is 0 Å².